The Morgan fingerprint density at radius 1 is 1.18 bits per heavy atom. The SMILES string of the molecule is CCCN(Cc1nnc(-c2ccccc2Cl)o1)C(=O)c1cccc(COC)c1. The van der Waals surface area contributed by atoms with Gasteiger partial charge < -0.3 is 14.1 Å². The Bertz CT molecular complexity index is 942. The van der Waals surface area contributed by atoms with Crippen LogP contribution in [0.2, 0.25) is 5.02 Å². The number of hydrogen-bond donors (Lipinski definition) is 0. The molecule has 7 heteroatoms. The minimum atomic E-state index is -0.0858. The lowest BCUT2D eigenvalue weighted by molar-refractivity contribution is 0.0728. The molecule has 28 heavy (non-hydrogen) atoms. The van der Waals surface area contributed by atoms with Crippen LogP contribution in [0.25, 0.3) is 11.5 Å². The highest BCUT2D eigenvalue weighted by Gasteiger charge is 2.19. The van der Waals surface area contributed by atoms with Crippen LogP contribution in [-0.2, 0) is 17.9 Å². The standard InChI is InChI=1S/C21H22ClN3O3/c1-3-11-25(21(26)16-8-6-7-15(12-16)14-27-2)13-19-23-24-20(28-19)17-9-4-5-10-18(17)22/h4-10,12H,3,11,13-14H2,1-2H3. The first-order valence-corrected chi connectivity index (χ1v) is 9.44. The molecule has 1 heterocycles. The molecule has 6 nitrogen and oxygen atoms in total. The highest BCUT2D eigenvalue weighted by atomic mass is 35.5. The molecule has 0 spiro atoms. The second-order valence-electron chi connectivity index (χ2n) is 6.34. The van der Waals surface area contributed by atoms with E-state index in [1.807, 2.05) is 43.3 Å². The Balaban J connectivity index is 1.79. The van der Waals surface area contributed by atoms with Crippen LogP contribution in [0, 0.1) is 0 Å². The minimum Gasteiger partial charge on any atom is -0.419 e. The molecule has 0 unspecified atom stereocenters. The van der Waals surface area contributed by atoms with Crippen LogP contribution in [0.3, 0.4) is 0 Å². The summed E-state index contributed by atoms with van der Waals surface area (Å²) in [4.78, 5) is 14.7. The average Bonchev–Trinajstić information content (AvgIpc) is 3.16. The second-order valence-corrected chi connectivity index (χ2v) is 6.75. The van der Waals surface area contributed by atoms with Gasteiger partial charge >= 0.3 is 0 Å². The first-order valence-electron chi connectivity index (χ1n) is 9.06. The molecule has 0 saturated carbocycles. The van der Waals surface area contributed by atoms with Gasteiger partial charge in [0, 0.05) is 19.2 Å². The smallest absolute Gasteiger partial charge is 0.254 e. The molecule has 0 aliphatic carbocycles. The Labute approximate surface area is 169 Å². The summed E-state index contributed by atoms with van der Waals surface area (Å²) >= 11 is 6.19. The Morgan fingerprint density at radius 3 is 2.75 bits per heavy atom. The maximum absolute atomic E-state index is 13.0. The molecule has 2 aromatic carbocycles. The van der Waals surface area contributed by atoms with Crippen molar-refractivity contribution in [2.24, 2.45) is 0 Å². The van der Waals surface area contributed by atoms with Gasteiger partial charge in [-0.3, -0.25) is 4.79 Å². The van der Waals surface area contributed by atoms with Crippen molar-refractivity contribution in [2.75, 3.05) is 13.7 Å². The molecule has 1 amide bonds. The van der Waals surface area contributed by atoms with E-state index in [4.69, 9.17) is 20.8 Å². The summed E-state index contributed by atoms with van der Waals surface area (Å²) in [6.45, 7) is 3.29. The van der Waals surface area contributed by atoms with Gasteiger partial charge in [-0.25, -0.2) is 0 Å². The third-order valence-electron chi connectivity index (χ3n) is 4.16. The molecule has 0 saturated heterocycles. The van der Waals surface area contributed by atoms with E-state index in [0.29, 0.717) is 41.1 Å². The van der Waals surface area contributed by atoms with Crippen molar-refractivity contribution in [1.82, 2.24) is 15.1 Å². The lowest BCUT2D eigenvalue weighted by Crippen LogP contribution is -2.31. The quantitative estimate of drug-likeness (QED) is 0.554. The van der Waals surface area contributed by atoms with E-state index in [0.717, 1.165) is 12.0 Å². The number of nitrogens with zero attached hydrogens (tertiary/aromatic N) is 3. The van der Waals surface area contributed by atoms with Gasteiger partial charge in [0.15, 0.2) is 0 Å². The van der Waals surface area contributed by atoms with Crippen molar-refractivity contribution in [2.45, 2.75) is 26.5 Å². The third-order valence-corrected chi connectivity index (χ3v) is 4.49. The first kappa shape index (κ1) is 20.0. The van der Waals surface area contributed by atoms with Crippen LogP contribution in [-0.4, -0.2) is 34.7 Å². The molecule has 146 valence electrons. The van der Waals surface area contributed by atoms with E-state index in [9.17, 15) is 4.79 Å². The topological polar surface area (TPSA) is 68.5 Å². The number of halogens is 1. The van der Waals surface area contributed by atoms with Crippen molar-refractivity contribution < 1.29 is 13.9 Å². The van der Waals surface area contributed by atoms with E-state index >= 15 is 0 Å². The van der Waals surface area contributed by atoms with Gasteiger partial charge in [0.25, 0.3) is 5.91 Å². The van der Waals surface area contributed by atoms with Crippen LogP contribution in [0.4, 0.5) is 0 Å². The number of aromatic nitrogens is 2. The fourth-order valence-corrected chi connectivity index (χ4v) is 3.11. The summed E-state index contributed by atoms with van der Waals surface area (Å²) in [7, 11) is 1.63. The van der Waals surface area contributed by atoms with Gasteiger partial charge in [-0.1, -0.05) is 42.8 Å². The number of carbonyl (C=O) groups excluding carboxylic acids is 1. The van der Waals surface area contributed by atoms with Gasteiger partial charge in [-0.15, -0.1) is 10.2 Å². The summed E-state index contributed by atoms with van der Waals surface area (Å²) in [5.41, 5.74) is 2.22. The fraction of sp³-hybridized carbons (Fsp3) is 0.286. The number of methoxy groups -OCH3 is 1. The summed E-state index contributed by atoms with van der Waals surface area (Å²) in [5, 5.41) is 8.70. The molecule has 0 aliphatic heterocycles. The lowest BCUT2D eigenvalue weighted by Gasteiger charge is -2.20. The number of hydrogen-bond acceptors (Lipinski definition) is 5. The zero-order valence-electron chi connectivity index (χ0n) is 15.9. The van der Waals surface area contributed by atoms with Crippen molar-refractivity contribution in [3.05, 3.63) is 70.6 Å². The number of amides is 1. The molecule has 3 aromatic rings. The number of ether oxygens (including phenoxy) is 1. The number of rotatable bonds is 8. The maximum atomic E-state index is 13.0. The van der Waals surface area contributed by atoms with Crippen molar-refractivity contribution >= 4 is 17.5 Å². The molecule has 0 fully saturated rings. The maximum Gasteiger partial charge on any atom is 0.254 e. The van der Waals surface area contributed by atoms with E-state index in [1.165, 1.54) is 0 Å². The van der Waals surface area contributed by atoms with Crippen LogP contribution in [0.1, 0.15) is 35.2 Å². The summed E-state index contributed by atoms with van der Waals surface area (Å²) in [6.07, 6.45) is 0.814. The lowest BCUT2D eigenvalue weighted by atomic mass is 10.1. The number of benzene rings is 2. The molecule has 0 N–H and O–H groups in total. The molecular weight excluding hydrogens is 378 g/mol. The molecule has 0 radical (unpaired) electrons. The van der Waals surface area contributed by atoms with Crippen LogP contribution in [0.15, 0.2) is 52.9 Å². The molecule has 0 atom stereocenters. The molecular formula is C21H22ClN3O3. The Morgan fingerprint density at radius 2 is 2.00 bits per heavy atom. The molecule has 0 aliphatic rings. The normalized spacial score (nSPS) is 10.8. The van der Waals surface area contributed by atoms with Gasteiger partial charge in [0.05, 0.1) is 23.7 Å². The van der Waals surface area contributed by atoms with Crippen molar-refractivity contribution in [1.29, 1.82) is 0 Å². The Hall–Kier alpha value is -2.70. The van der Waals surface area contributed by atoms with E-state index in [1.54, 1.807) is 24.1 Å². The van der Waals surface area contributed by atoms with Crippen molar-refractivity contribution in [3.8, 4) is 11.5 Å². The molecule has 0 bridgehead atoms. The zero-order chi connectivity index (χ0) is 19.9. The van der Waals surface area contributed by atoms with Crippen LogP contribution >= 0.6 is 11.6 Å². The van der Waals surface area contributed by atoms with E-state index < -0.39 is 0 Å². The number of carbonyl (C=O) groups is 1. The predicted octanol–water partition coefficient (Wildman–Crippen LogP) is 4.59. The van der Waals surface area contributed by atoms with E-state index in [2.05, 4.69) is 10.2 Å². The highest BCUT2D eigenvalue weighted by molar-refractivity contribution is 6.33. The van der Waals surface area contributed by atoms with Crippen LogP contribution in [0.5, 0.6) is 0 Å². The summed E-state index contributed by atoms with van der Waals surface area (Å²) < 4.78 is 10.9. The largest absolute Gasteiger partial charge is 0.419 e. The second kappa shape index (κ2) is 9.48. The fourth-order valence-electron chi connectivity index (χ4n) is 2.89. The van der Waals surface area contributed by atoms with Crippen LogP contribution < -0.4 is 0 Å². The highest BCUT2D eigenvalue weighted by Crippen LogP contribution is 2.26. The minimum absolute atomic E-state index is 0.0858. The van der Waals surface area contributed by atoms with Gasteiger partial charge in [-0.05, 0) is 36.2 Å². The monoisotopic (exact) mass is 399 g/mol. The zero-order valence-corrected chi connectivity index (χ0v) is 16.6. The van der Waals surface area contributed by atoms with Gasteiger partial charge in [0.1, 0.15) is 0 Å². The molecule has 3 rings (SSSR count). The summed E-state index contributed by atoms with van der Waals surface area (Å²) in [5.74, 6) is 0.619. The third kappa shape index (κ3) is 4.77. The van der Waals surface area contributed by atoms with Gasteiger partial charge in [-0.2, -0.15) is 0 Å². The van der Waals surface area contributed by atoms with E-state index in [-0.39, 0.29) is 12.5 Å². The average molecular weight is 400 g/mol. The van der Waals surface area contributed by atoms with Crippen molar-refractivity contribution in [3.63, 3.8) is 0 Å². The first-order chi connectivity index (χ1) is 13.6. The Kier molecular flexibility index (Phi) is 6.79. The van der Waals surface area contributed by atoms with Gasteiger partial charge in [0.2, 0.25) is 11.8 Å². The predicted molar refractivity (Wildman–Crippen MR) is 107 cm³/mol. The molecule has 1 aromatic heterocycles. The summed E-state index contributed by atoms with van der Waals surface area (Å²) in [6, 6.07) is 14.7.